The molecule has 0 saturated heterocycles. The van der Waals surface area contributed by atoms with Gasteiger partial charge in [-0.05, 0) is 80.9 Å². The molecule has 28 heteroatoms. The van der Waals surface area contributed by atoms with Gasteiger partial charge in [0, 0.05) is 33.8 Å². The highest BCUT2D eigenvalue weighted by atomic mass is 35.5. The van der Waals surface area contributed by atoms with Crippen molar-refractivity contribution in [3.8, 4) is 6.07 Å². The van der Waals surface area contributed by atoms with Gasteiger partial charge in [-0.1, -0.05) is 75.7 Å². The molecule has 3 N–H and O–H groups in total. The molecule has 4 aromatic rings. The first kappa shape index (κ1) is 56.7. The molecule has 364 valence electrons. The molecule has 0 bridgehead atoms. The van der Waals surface area contributed by atoms with E-state index in [4.69, 9.17) is 79.6 Å². The van der Waals surface area contributed by atoms with Gasteiger partial charge in [-0.25, -0.2) is 13.6 Å². The Balaban J connectivity index is 0.000000363. The molecule has 0 fully saturated rings. The molecular weight excluding hydrogens is 1070 g/mol. The molecule has 8 nitrogen and oxygen atoms in total. The largest absolute Gasteiger partial charge is 0.444 e. The first-order chi connectivity index (χ1) is 30.3. The third-order valence-corrected chi connectivity index (χ3v) is 10.3. The lowest BCUT2D eigenvalue weighted by Gasteiger charge is -2.30. The number of benzene rings is 4. The second kappa shape index (κ2) is 20.5. The summed E-state index contributed by atoms with van der Waals surface area (Å²) in [6.07, 6.45) is -26.2. The molecule has 0 aliphatic carbocycles. The van der Waals surface area contributed by atoms with Crippen LogP contribution >= 0.6 is 69.6 Å². The van der Waals surface area contributed by atoms with Gasteiger partial charge in [0.2, 0.25) is 0 Å². The first-order valence-corrected chi connectivity index (χ1v) is 19.8. The van der Waals surface area contributed by atoms with Crippen LogP contribution in [0, 0.1) is 11.3 Å². The molecule has 0 saturated carbocycles. The van der Waals surface area contributed by atoms with E-state index in [1.165, 1.54) is 30.3 Å². The molecule has 4 aromatic carbocycles. The molecule has 0 radical (unpaired) electrons. The van der Waals surface area contributed by atoms with Crippen LogP contribution in [0.4, 0.5) is 77.6 Å². The zero-order valence-corrected chi connectivity index (χ0v) is 37.7. The van der Waals surface area contributed by atoms with Crippen LogP contribution < -0.4 is 16.0 Å². The maximum absolute atomic E-state index is 14.3. The maximum atomic E-state index is 14.3. The van der Waals surface area contributed by atoms with Crippen LogP contribution in [0.3, 0.4) is 0 Å². The summed E-state index contributed by atoms with van der Waals surface area (Å²) >= 11 is 34.8. The third-order valence-electron chi connectivity index (χ3n) is 8.41. The normalized spacial score (nSPS) is 12.6. The Labute approximate surface area is 398 Å². The predicted molar refractivity (Wildman–Crippen MR) is 219 cm³/mol. The number of hydrogen-bond acceptors (Lipinski definition) is 5. The van der Waals surface area contributed by atoms with Crippen molar-refractivity contribution in [2.75, 3.05) is 10.6 Å². The van der Waals surface area contributed by atoms with Crippen LogP contribution in [0.1, 0.15) is 63.7 Å². The van der Waals surface area contributed by atoms with Gasteiger partial charge in [-0.3, -0.25) is 9.59 Å². The smallest absolute Gasteiger partial charge is 0.435 e. The quantitative estimate of drug-likeness (QED) is 0.152. The van der Waals surface area contributed by atoms with Crippen molar-refractivity contribution >= 4 is 98.9 Å². The number of hydrogen-bond donors (Lipinski definition) is 3. The van der Waals surface area contributed by atoms with Gasteiger partial charge in [-0.2, -0.15) is 57.9 Å². The second-order valence-corrected chi connectivity index (χ2v) is 16.8. The lowest BCUT2D eigenvalue weighted by Crippen LogP contribution is -2.50. The molecule has 0 unspecified atom stereocenters. The molecule has 0 spiro atoms. The van der Waals surface area contributed by atoms with Crippen molar-refractivity contribution in [1.29, 1.82) is 5.26 Å². The zero-order valence-electron chi connectivity index (χ0n) is 33.1. The Kier molecular flexibility index (Phi) is 17.3. The number of carbonyl (C=O) groups is 3. The standard InChI is InChI=1S/C22H18Cl3F7N2O3.C17H6Cl3F7N2O/c1-19(2,3)37-18(36)33-9-11-5-4-10(6-13(11)23)17(35)34-16-14(24)7-12(8-15(16)25)20(26,21(27,28)29)22(30,31)32;18-10-3-7(1-2-8(10)6-28)14(30)29-13-11(19)4-9(5-12(13)20)15(21,16(22,23)24)17(25,26)27/h4-8H,9H2,1-3H3,(H,33,36)(H,34,35);1-5H,(H,29,30). The highest BCUT2D eigenvalue weighted by molar-refractivity contribution is 6.41. The van der Waals surface area contributed by atoms with Crippen LogP contribution in [0.25, 0.3) is 0 Å². The van der Waals surface area contributed by atoms with Gasteiger partial charge in [0.05, 0.1) is 42.1 Å². The van der Waals surface area contributed by atoms with E-state index in [0.717, 1.165) is 6.07 Å². The maximum Gasteiger partial charge on any atom is 0.435 e. The number of ether oxygens (including phenoxy) is 1. The fourth-order valence-corrected chi connectivity index (χ4v) is 6.82. The Bertz CT molecular complexity index is 2520. The Morgan fingerprint density at radius 2 is 0.881 bits per heavy atom. The molecular formula is C39H24Cl6F14N4O4. The summed E-state index contributed by atoms with van der Waals surface area (Å²) in [6, 6.07) is 9.32. The highest BCUT2D eigenvalue weighted by Gasteiger charge is 2.74. The SMILES string of the molecule is CC(C)(C)OC(=O)NCc1ccc(C(=O)Nc2c(Cl)cc(C(F)(C(F)(F)F)C(F)(F)F)cc2Cl)cc1Cl.N#Cc1ccc(C(=O)Nc2c(Cl)cc(C(F)(C(F)(F)F)C(F)(F)F)cc2Cl)cc1Cl. The van der Waals surface area contributed by atoms with Gasteiger partial charge in [-0.15, -0.1) is 0 Å². The highest BCUT2D eigenvalue weighted by Crippen LogP contribution is 2.56. The van der Waals surface area contributed by atoms with Gasteiger partial charge in [0.15, 0.2) is 0 Å². The molecule has 0 aliphatic rings. The number of anilines is 2. The predicted octanol–water partition coefficient (Wildman–Crippen LogP) is 15.3. The van der Waals surface area contributed by atoms with E-state index < -0.39 is 102 Å². The fourth-order valence-electron chi connectivity index (χ4n) is 5.19. The minimum Gasteiger partial charge on any atom is -0.444 e. The van der Waals surface area contributed by atoms with Gasteiger partial charge in [0.1, 0.15) is 11.7 Å². The zero-order chi connectivity index (χ0) is 51.6. The summed E-state index contributed by atoms with van der Waals surface area (Å²) in [5, 5.41) is 11.9. The number of nitrogens with zero attached hydrogens (tertiary/aromatic N) is 1. The molecule has 0 aliphatic heterocycles. The topological polar surface area (TPSA) is 120 Å². The number of carbonyl (C=O) groups excluding carboxylic acids is 3. The van der Waals surface area contributed by atoms with Crippen molar-refractivity contribution in [1.82, 2.24) is 5.32 Å². The number of nitrogens with one attached hydrogen (secondary N) is 3. The summed E-state index contributed by atoms with van der Waals surface area (Å²) in [7, 11) is 0. The number of halogens is 20. The monoisotopic (exact) mass is 1090 g/mol. The van der Waals surface area contributed by atoms with Crippen molar-refractivity contribution in [2.24, 2.45) is 0 Å². The Hall–Kier alpha value is -4.66. The van der Waals surface area contributed by atoms with Crippen LogP contribution in [-0.2, 0) is 22.6 Å². The molecule has 0 atom stereocenters. The summed E-state index contributed by atoms with van der Waals surface area (Å²) in [5.74, 6) is -1.89. The van der Waals surface area contributed by atoms with Gasteiger partial charge >= 0.3 is 42.1 Å². The van der Waals surface area contributed by atoms with E-state index in [0.29, 0.717) is 5.56 Å². The Morgan fingerprint density at radius 3 is 1.18 bits per heavy atom. The number of amides is 3. The van der Waals surface area contributed by atoms with Crippen molar-refractivity contribution in [3.63, 3.8) is 0 Å². The lowest BCUT2D eigenvalue weighted by molar-refractivity contribution is -0.349. The molecule has 0 heterocycles. The van der Waals surface area contributed by atoms with E-state index in [2.05, 4.69) is 16.0 Å². The summed E-state index contributed by atoms with van der Waals surface area (Å²) in [4.78, 5) is 36.6. The van der Waals surface area contributed by atoms with E-state index in [-0.39, 0.29) is 57.5 Å². The Morgan fingerprint density at radius 1 is 0.537 bits per heavy atom. The van der Waals surface area contributed by atoms with Gasteiger partial charge in [0.25, 0.3) is 11.8 Å². The summed E-state index contributed by atoms with van der Waals surface area (Å²) < 4.78 is 189. The molecule has 0 aromatic heterocycles. The van der Waals surface area contributed by atoms with E-state index in [9.17, 15) is 75.8 Å². The molecule has 3 amide bonds. The van der Waals surface area contributed by atoms with Crippen molar-refractivity contribution in [2.45, 2.75) is 69.0 Å². The average molecular weight is 1090 g/mol. The number of alkyl carbamates (subject to hydrolysis) is 1. The number of alkyl halides is 14. The summed E-state index contributed by atoms with van der Waals surface area (Å²) in [5.41, 5.74) is -17.0. The minimum atomic E-state index is -6.38. The van der Waals surface area contributed by atoms with Crippen LogP contribution in [0.5, 0.6) is 0 Å². The van der Waals surface area contributed by atoms with E-state index in [1.54, 1.807) is 26.8 Å². The van der Waals surface area contributed by atoms with Crippen LogP contribution in [0.2, 0.25) is 30.1 Å². The minimum absolute atomic E-state index is 0.0359. The van der Waals surface area contributed by atoms with Gasteiger partial charge < -0.3 is 20.7 Å². The molecule has 4 rings (SSSR count). The van der Waals surface area contributed by atoms with E-state index in [1.807, 2.05) is 0 Å². The second-order valence-electron chi connectivity index (χ2n) is 14.3. The van der Waals surface area contributed by atoms with Crippen molar-refractivity contribution in [3.05, 3.63) is 124 Å². The fraction of sp³-hybridized carbons (Fsp3) is 0.282. The van der Waals surface area contributed by atoms with E-state index >= 15 is 0 Å². The first-order valence-electron chi connectivity index (χ1n) is 17.5. The number of rotatable bonds is 8. The third kappa shape index (κ3) is 12.9. The van der Waals surface area contributed by atoms with Crippen LogP contribution in [0.15, 0.2) is 60.7 Å². The van der Waals surface area contributed by atoms with Crippen molar-refractivity contribution < 1.29 is 80.6 Å². The molecule has 67 heavy (non-hydrogen) atoms. The number of nitriles is 1. The lowest BCUT2D eigenvalue weighted by atomic mass is 9.94. The van der Waals surface area contributed by atoms with Crippen LogP contribution in [-0.4, -0.2) is 48.2 Å². The average Bonchev–Trinajstić information content (AvgIpc) is 3.16. The summed E-state index contributed by atoms with van der Waals surface area (Å²) in [6.45, 7) is 4.94.